The summed E-state index contributed by atoms with van der Waals surface area (Å²) in [5.41, 5.74) is 10.6. The van der Waals surface area contributed by atoms with E-state index in [1.54, 1.807) is 0 Å². The zero-order valence-electron chi connectivity index (χ0n) is 10.5. The number of nitrogens with two attached hydrogens (primary N) is 2. The topological polar surface area (TPSA) is 100 Å². The summed E-state index contributed by atoms with van der Waals surface area (Å²) in [4.78, 5) is 4.15. The van der Waals surface area contributed by atoms with Crippen molar-refractivity contribution >= 4 is 36.7 Å². The van der Waals surface area contributed by atoms with Crippen molar-refractivity contribution in [1.29, 1.82) is 5.41 Å². The maximum Gasteiger partial charge on any atom is 0.195 e. The molecule has 0 fully saturated rings. The molecule has 0 radical (unpaired) electrons. The van der Waals surface area contributed by atoms with Gasteiger partial charge in [-0.2, -0.15) is 0 Å². The van der Waals surface area contributed by atoms with Crippen molar-refractivity contribution in [3.63, 3.8) is 0 Å². The highest BCUT2D eigenvalue weighted by molar-refractivity contribution is 5.95. The van der Waals surface area contributed by atoms with Gasteiger partial charge in [0.25, 0.3) is 0 Å². The quantitative estimate of drug-likeness (QED) is 0.443. The van der Waals surface area contributed by atoms with Gasteiger partial charge in [0.05, 0.1) is 0 Å². The Morgan fingerprint density at radius 2 is 1.88 bits per heavy atom. The van der Waals surface area contributed by atoms with Gasteiger partial charge in [0, 0.05) is 6.54 Å². The lowest BCUT2D eigenvalue weighted by Crippen LogP contribution is -2.41. The van der Waals surface area contributed by atoms with Crippen molar-refractivity contribution in [2.45, 2.75) is 39.5 Å². The second kappa shape index (κ2) is 13.4. The fourth-order valence-corrected chi connectivity index (χ4v) is 1.32. The van der Waals surface area contributed by atoms with Crippen LogP contribution in [-0.4, -0.2) is 18.5 Å². The molecule has 0 aliphatic rings. The SMILES string of the molecule is CCCCC(CC)CN=C(N)NC(=N)N.Cl.Cl. The molecular formula is C10H25Cl2N5. The van der Waals surface area contributed by atoms with Gasteiger partial charge in [0.2, 0.25) is 0 Å². The molecule has 7 heteroatoms. The molecule has 0 aliphatic carbocycles. The summed E-state index contributed by atoms with van der Waals surface area (Å²) in [6.45, 7) is 5.05. The minimum absolute atomic E-state index is 0. The minimum atomic E-state index is -0.169. The molecule has 0 saturated heterocycles. The fourth-order valence-electron chi connectivity index (χ4n) is 1.32. The lowest BCUT2D eigenvalue weighted by molar-refractivity contribution is 0.462. The molecule has 0 aliphatic heterocycles. The lowest BCUT2D eigenvalue weighted by atomic mass is 10.00. The van der Waals surface area contributed by atoms with Crippen molar-refractivity contribution in [1.82, 2.24) is 5.32 Å². The predicted octanol–water partition coefficient (Wildman–Crippen LogP) is 1.84. The molecule has 0 bridgehead atoms. The van der Waals surface area contributed by atoms with E-state index in [1.807, 2.05) is 0 Å². The maximum absolute atomic E-state index is 6.97. The molecule has 0 saturated carbocycles. The van der Waals surface area contributed by atoms with Crippen LogP contribution in [0.1, 0.15) is 39.5 Å². The van der Waals surface area contributed by atoms with Gasteiger partial charge in [-0.15, -0.1) is 24.8 Å². The summed E-state index contributed by atoms with van der Waals surface area (Å²) in [7, 11) is 0. The highest BCUT2D eigenvalue weighted by atomic mass is 35.5. The first-order valence-corrected chi connectivity index (χ1v) is 5.51. The number of nitrogens with one attached hydrogen (secondary N) is 2. The maximum atomic E-state index is 6.97. The lowest BCUT2D eigenvalue weighted by Gasteiger charge is -2.11. The van der Waals surface area contributed by atoms with Crippen molar-refractivity contribution in [3.05, 3.63) is 0 Å². The number of unbranched alkanes of at least 4 members (excludes halogenated alkanes) is 1. The standard InChI is InChI=1S/C10H23N5.2ClH/c1-3-5-6-8(4-2)7-14-10(13)15-9(11)12;;/h8H,3-7H2,1-2H3,(H6,11,12,13,14,15);2*1H. The summed E-state index contributed by atoms with van der Waals surface area (Å²) in [5.74, 6) is 0.646. The van der Waals surface area contributed by atoms with Crippen LogP contribution in [0.5, 0.6) is 0 Å². The van der Waals surface area contributed by atoms with Gasteiger partial charge in [-0.25, -0.2) is 0 Å². The molecule has 1 unspecified atom stereocenters. The molecule has 0 rings (SSSR count). The number of hydrogen-bond donors (Lipinski definition) is 4. The Labute approximate surface area is 116 Å². The van der Waals surface area contributed by atoms with E-state index in [2.05, 4.69) is 24.2 Å². The van der Waals surface area contributed by atoms with E-state index in [-0.39, 0.29) is 36.7 Å². The second-order valence-electron chi connectivity index (χ2n) is 3.68. The van der Waals surface area contributed by atoms with Gasteiger partial charge >= 0.3 is 0 Å². The Bertz CT molecular complexity index is 221. The molecule has 104 valence electrons. The van der Waals surface area contributed by atoms with E-state index in [4.69, 9.17) is 16.9 Å². The van der Waals surface area contributed by atoms with E-state index in [0.717, 1.165) is 6.42 Å². The third-order valence-corrected chi connectivity index (χ3v) is 2.33. The van der Waals surface area contributed by atoms with E-state index >= 15 is 0 Å². The zero-order valence-corrected chi connectivity index (χ0v) is 12.2. The number of nitrogens with zero attached hydrogens (tertiary/aromatic N) is 1. The van der Waals surface area contributed by atoms with Crippen LogP contribution in [0.3, 0.4) is 0 Å². The van der Waals surface area contributed by atoms with E-state index < -0.39 is 0 Å². The van der Waals surface area contributed by atoms with Gasteiger partial charge < -0.3 is 11.5 Å². The largest absolute Gasteiger partial charge is 0.370 e. The van der Waals surface area contributed by atoms with Gasteiger partial charge in [0.1, 0.15) is 0 Å². The average Bonchev–Trinajstić information content (AvgIpc) is 2.17. The van der Waals surface area contributed by atoms with Crippen molar-refractivity contribution in [2.24, 2.45) is 22.4 Å². The number of aliphatic imine (C=N–C) groups is 1. The van der Waals surface area contributed by atoms with Crippen molar-refractivity contribution < 1.29 is 0 Å². The molecule has 0 aromatic rings. The van der Waals surface area contributed by atoms with Crippen LogP contribution in [0.2, 0.25) is 0 Å². The van der Waals surface area contributed by atoms with Gasteiger partial charge in [-0.05, 0) is 12.3 Å². The summed E-state index contributed by atoms with van der Waals surface area (Å²) in [5, 5.41) is 9.44. The summed E-state index contributed by atoms with van der Waals surface area (Å²) >= 11 is 0. The first-order chi connectivity index (χ1) is 7.10. The summed E-state index contributed by atoms with van der Waals surface area (Å²) < 4.78 is 0. The van der Waals surface area contributed by atoms with Crippen LogP contribution in [0.4, 0.5) is 0 Å². The highest BCUT2D eigenvalue weighted by Gasteiger charge is 2.04. The number of hydrogen-bond acceptors (Lipinski definition) is 2. The smallest absolute Gasteiger partial charge is 0.195 e. The van der Waals surface area contributed by atoms with E-state index in [0.29, 0.717) is 12.5 Å². The Morgan fingerprint density at radius 1 is 1.29 bits per heavy atom. The molecule has 5 nitrogen and oxygen atoms in total. The van der Waals surface area contributed by atoms with E-state index in [9.17, 15) is 0 Å². The number of rotatable bonds is 6. The molecule has 0 amide bonds. The predicted molar refractivity (Wildman–Crippen MR) is 79.3 cm³/mol. The van der Waals surface area contributed by atoms with Crippen molar-refractivity contribution in [2.75, 3.05) is 6.54 Å². The van der Waals surface area contributed by atoms with Crippen LogP contribution in [-0.2, 0) is 0 Å². The molecule has 0 aromatic carbocycles. The first-order valence-electron chi connectivity index (χ1n) is 5.51. The monoisotopic (exact) mass is 285 g/mol. The van der Waals surface area contributed by atoms with Crippen molar-refractivity contribution in [3.8, 4) is 0 Å². The highest BCUT2D eigenvalue weighted by Crippen LogP contribution is 2.12. The summed E-state index contributed by atoms with van der Waals surface area (Å²) in [6, 6.07) is 0. The Kier molecular flexibility index (Phi) is 17.0. The second-order valence-corrected chi connectivity index (χ2v) is 3.68. The minimum Gasteiger partial charge on any atom is -0.370 e. The molecule has 0 heterocycles. The third kappa shape index (κ3) is 13.3. The normalized spacial score (nSPS) is 12.0. The van der Waals surface area contributed by atoms with Crippen LogP contribution in [0, 0.1) is 11.3 Å². The molecule has 0 spiro atoms. The summed E-state index contributed by atoms with van der Waals surface area (Å²) in [6.07, 6.45) is 4.73. The Balaban J connectivity index is -0.000000980. The average molecular weight is 286 g/mol. The molecule has 17 heavy (non-hydrogen) atoms. The number of guanidine groups is 2. The van der Waals surface area contributed by atoms with Gasteiger partial charge in [0.15, 0.2) is 11.9 Å². The molecule has 6 N–H and O–H groups in total. The zero-order chi connectivity index (χ0) is 11.7. The van der Waals surface area contributed by atoms with Crippen LogP contribution in [0.25, 0.3) is 0 Å². The van der Waals surface area contributed by atoms with Gasteiger partial charge in [-0.3, -0.25) is 15.7 Å². The Morgan fingerprint density at radius 3 is 2.29 bits per heavy atom. The Hall–Kier alpha value is -0.680. The fraction of sp³-hybridized carbons (Fsp3) is 0.800. The van der Waals surface area contributed by atoms with Crippen LogP contribution >= 0.6 is 24.8 Å². The number of halogens is 2. The molecular weight excluding hydrogens is 261 g/mol. The van der Waals surface area contributed by atoms with E-state index in [1.165, 1.54) is 19.3 Å². The van der Waals surface area contributed by atoms with Gasteiger partial charge in [-0.1, -0.05) is 33.1 Å². The van der Waals surface area contributed by atoms with Crippen LogP contribution < -0.4 is 16.8 Å². The molecule has 0 aromatic heterocycles. The van der Waals surface area contributed by atoms with Crippen LogP contribution in [0.15, 0.2) is 4.99 Å². The third-order valence-electron chi connectivity index (χ3n) is 2.33. The first kappa shape index (κ1) is 21.6. The molecule has 1 atom stereocenters.